The fraction of sp³-hybridized carbons (Fsp3) is 0.400. The Morgan fingerprint density at radius 3 is 2.66 bits per heavy atom. The van der Waals surface area contributed by atoms with E-state index >= 15 is 0 Å². The van der Waals surface area contributed by atoms with Gasteiger partial charge in [0, 0.05) is 42.4 Å². The largest absolute Gasteiger partial charge is 0.467 e. The monoisotopic (exact) mass is 412 g/mol. The number of amides is 1. The average molecular weight is 413 g/mol. The van der Waals surface area contributed by atoms with Crippen molar-refractivity contribution < 1.29 is 9.53 Å². The predicted octanol–water partition coefficient (Wildman–Crippen LogP) is 2.84. The Bertz CT molecular complexity index is 1040. The van der Waals surface area contributed by atoms with Gasteiger partial charge in [-0.1, -0.05) is 0 Å². The number of aryl methyl sites for hydroxylation is 1. The minimum atomic E-state index is -0.229. The van der Waals surface area contributed by atoms with Crippen molar-refractivity contribution in [3.63, 3.8) is 0 Å². The van der Waals surface area contributed by atoms with Gasteiger partial charge >= 0.3 is 6.01 Å². The van der Waals surface area contributed by atoms with E-state index in [2.05, 4.69) is 44.3 Å². The second kappa shape index (κ2) is 7.92. The smallest absolute Gasteiger partial charge is 0.316 e. The highest BCUT2D eigenvalue weighted by Gasteiger charge is 2.24. The number of fused-ring (bicyclic) bond motifs is 1. The number of carbonyl (C=O) groups is 1. The zero-order valence-corrected chi connectivity index (χ0v) is 17.7. The zero-order chi connectivity index (χ0) is 20.5. The number of piperazine rings is 1. The van der Waals surface area contributed by atoms with Gasteiger partial charge in [-0.2, -0.15) is 4.98 Å². The van der Waals surface area contributed by atoms with Crippen LogP contribution in [-0.2, 0) is 0 Å². The molecule has 3 aromatic rings. The van der Waals surface area contributed by atoms with Crippen molar-refractivity contribution >= 4 is 38.8 Å². The van der Waals surface area contributed by atoms with Crippen molar-refractivity contribution in [1.82, 2.24) is 20.3 Å². The number of hydrogen-bond acceptors (Lipinski definition) is 8. The van der Waals surface area contributed by atoms with Crippen molar-refractivity contribution in [2.24, 2.45) is 0 Å². The summed E-state index contributed by atoms with van der Waals surface area (Å²) in [6.07, 6.45) is 3.40. The highest BCUT2D eigenvalue weighted by Crippen LogP contribution is 2.31. The molecular formula is C20H24N6O2S. The first kappa shape index (κ1) is 19.5. The molecule has 1 fully saturated rings. The maximum atomic E-state index is 13.0. The molecule has 2 aromatic heterocycles. The molecule has 152 valence electrons. The third-order valence-electron chi connectivity index (χ3n) is 4.89. The quantitative estimate of drug-likeness (QED) is 0.681. The molecule has 1 aliphatic heterocycles. The minimum absolute atomic E-state index is 0.229. The van der Waals surface area contributed by atoms with Crippen molar-refractivity contribution in [3.8, 4) is 6.01 Å². The van der Waals surface area contributed by atoms with Crippen molar-refractivity contribution in [1.29, 1.82) is 0 Å². The second-order valence-electron chi connectivity index (χ2n) is 7.32. The molecule has 0 bridgehead atoms. The van der Waals surface area contributed by atoms with Crippen LogP contribution in [0.25, 0.3) is 10.9 Å². The molecule has 8 nitrogen and oxygen atoms in total. The maximum absolute atomic E-state index is 13.0. The number of anilines is 2. The van der Waals surface area contributed by atoms with Gasteiger partial charge < -0.3 is 20.3 Å². The molecule has 9 heteroatoms. The molecule has 1 aliphatic rings. The Kier molecular flexibility index (Phi) is 5.33. The molecule has 2 atom stereocenters. The van der Waals surface area contributed by atoms with Crippen LogP contribution in [0.5, 0.6) is 6.01 Å². The summed E-state index contributed by atoms with van der Waals surface area (Å²) < 4.78 is 5.21. The number of benzene rings is 1. The van der Waals surface area contributed by atoms with Crippen LogP contribution in [0.15, 0.2) is 24.5 Å². The molecule has 0 aliphatic carbocycles. The molecule has 1 saturated heterocycles. The van der Waals surface area contributed by atoms with Gasteiger partial charge in [-0.05, 0) is 32.9 Å². The first-order valence-corrected chi connectivity index (χ1v) is 10.3. The fourth-order valence-electron chi connectivity index (χ4n) is 3.77. The van der Waals surface area contributed by atoms with Crippen molar-refractivity contribution in [3.05, 3.63) is 35.1 Å². The molecule has 29 heavy (non-hydrogen) atoms. The summed E-state index contributed by atoms with van der Waals surface area (Å²) in [5.74, 6) is -0.229. The van der Waals surface area contributed by atoms with E-state index in [1.54, 1.807) is 12.4 Å². The van der Waals surface area contributed by atoms with E-state index < -0.39 is 0 Å². The first-order valence-electron chi connectivity index (χ1n) is 9.53. The molecule has 1 amide bonds. The molecule has 1 aromatic carbocycles. The predicted molar refractivity (Wildman–Crippen MR) is 115 cm³/mol. The van der Waals surface area contributed by atoms with E-state index in [1.165, 1.54) is 18.4 Å². The van der Waals surface area contributed by atoms with Gasteiger partial charge in [-0.25, -0.2) is 9.97 Å². The van der Waals surface area contributed by atoms with Crippen LogP contribution in [0.2, 0.25) is 0 Å². The average Bonchev–Trinajstić information content (AvgIpc) is 3.10. The van der Waals surface area contributed by atoms with E-state index in [0.29, 0.717) is 28.2 Å². The van der Waals surface area contributed by atoms with Crippen LogP contribution < -0.4 is 20.3 Å². The molecule has 3 heterocycles. The van der Waals surface area contributed by atoms with Crippen molar-refractivity contribution in [2.45, 2.75) is 32.9 Å². The van der Waals surface area contributed by atoms with E-state index in [4.69, 9.17) is 4.74 Å². The van der Waals surface area contributed by atoms with Crippen LogP contribution in [0, 0.1) is 6.92 Å². The third-order valence-corrected chi connectivity index (χ3v) is 5.72. The van der Waals surface area contributed by atoms with Gasteiger partial charge in [0.1, 0.15) is 5.00 Å². The summed E-state index contributed by atoms with van der Waals surface area (Å²) in [7, 11) is 1.52. The van der Waals surface area contributed by atoms with Crippen LogP contribution in [0.4, 0.5) is 10.7 Å². The highest BCUT2D eigenvalue weighted by molar-refractivity contribution is 7.15. The van der Waals surface area contributed by atoms with Gasteiger partial charge in [0.05, 0.1) is 29.4 Å². The SMILES string of the molecule is COc1ncc2c(N3CC(C)NC(C)C3)ccc(C(=O)Nc3cnc(C)s3)c2n1. The minimum Gasteiger partial charge on any atom is -0.467 e. The number of hydrogen-bond donors (Lipinski definition) is 2. The fourth-order valence-corrected chi connectivity index (χ4v) is 4.44. The summed E-state index contributed by atoms with van der Waals surface area (Å²) in [4.78, 5) is 28.3. The van der Waals surface area contributed by atoms with Gasteiger partial charge in [0.2, 0.25) is 0 Å². The highest BCUT2D eigenvalue weighted by atomic mass is 32.1. The number of rotatable bonds is 4. The molecule has 0 saturated carbocycles. The molecule has 4 rings (SSSR count). The maximum Gasteiger partial charge on any atom is 0.316 e. The van der Waals surface area contributed by atoms with E-state index in [-0.39, 0.29) is 11.9 Å². The van der Waals surface area contributed by atoms with Gasteiger partial charge in [0.25, 0.3) is 5.91 Å². The van der Waals surface area contributed by atoms with E-state index in [0.717, 1.165) is 29.2 Å². The summed E-state index contributed by atoms with van der Waals surface area (Å²) in [6.45, 7) is 7.98. The van der Waals surface area contributed by atoms with Gasteiger partial charge in [-0.3, -0.25) is 4.79 Å². The number of ether oxygens (including phenoxy) is 1. The molecule has 2 N–H and O–H groups in total. The zero-order valence-electron chi connectivity index (χ0n) is 16.9. The third kappa shape index (κ3) is 4.01. The van der Waals surface area contributed by atoms with Crippen LogP contribution >= 0.6 is 11.3 Å². The number of nitrogens with one attached hydrogen (secondary N) is 2. The molecule has 0 radical (unpaired) electrons. The molecule has 2 unspecified atom stereocenters. The lowest BCUT2D eigenvalue weighted by molar-refractivity contribution is 0.102. The molecule has 0 spiro atoms. The second-order valence-corrected chi connectivity index (χ2v) is 8.56. The lowest BCUT2D eigenvalue weighted by Gasteiger charge is -2.38. The van der Waals surface area contributed by atoms with Crippen LogP contribution in [0.3, 0.4) is 0 Å². The first-order chi connectivity index (χ1) is 13.9. The normalized spacial score (nSPS) is 19.4. The Labute approximate surface area is 173 Å². The number of aromatic nitrogens is 3. The summed E-state index contributed by atoms with van der Waals surface area (Å²) in [6, 6.07) is 4.77. The van der Waals surface area contributed by atoms with E-state index in [9.17, 15) is 4.79 Å². The summed E-state index contributed by atoms with van der Waals surface area (Å²) >= 11 is 1.43. The Hall–Kier alpha value is -2.78. The standard InChI is InChI=1S/C20H24N6O2S/c1-11-9-26(10-12(2)23-11)16-6-5-14(18-15(16)7-22-20(25-18)28-4)19(27)24-17-8-21-13(3)29-17/h5-8,11-12,23H,9-10H2,1-4H3,(H,24,27). The van der Waals surface area contributed by atoms with Crippen LogP contribution in [0.1, 0.15) is 29.2 Å². The van der Waals surface area contributed by atoms with Crippen LogP contribution in [-0.4, -0.2) is 53.1 Å². The lowest BCUT2D eigenvalue weighted by atomic mass is 10.0. The number of carbonyl (C=O) groups excluding carboxylic acids is 1. The van der Waals surface area contributed by atoms with Crippen molar-refractivity contribution in [2.75, 3.05) is 30.4 Å². The summed E-state index contributed by atoms with van der Waals surface area (Å²) in [5, 5.41) is 8.89. The summed E-state index contributed by atoms with van der Waals surface area (Å²) in [5.41, 5.74) is 2.08. The Balaban J connectivity index is 1.76. The van der Waals surface area contributed by atoms with Gasteiger partial charge in [0.15, 0.2) is 0 Å². The lowest BCUT2D eigenvalue weighted by Crippen LogP contribution is -2.54. The topological polar surface area (TPSA) is 92.3 Å². The number of methoxy groups -OCH3 is 1. The molecular weight excluding hydrogens is 388 g/mol. The van der Waals surface area contributed by atoms with E-state index in [1.807, 2.05) is 19.1 Å². The Morgan fingerprint density at radius 1 is 1.24 bits per heavy atom. The Morgan fingerprint density at radius 2 is 2.00 bits per heavy atom. The number of thiazole rings is 1. The number of nitrogens with zero attached hydrogens (tertiary/aromatic N) is 4. The van der Waals surface area contributed by atoms with Gasteiger partial charge in [-0.15, -0.1) is 11.3 Å².